The van der Waals surface area contributed by atoms with E-state index in [1.54, 1.807) is 12.1 Å². The van der Waals surface area contributed by atoms with Crippen LogP contribution in [0.15, 0.2) is 47.4 Å². The average Bonchev–Trinajstić information content (AvgIpc) is 3.02. The van der Waals surface area contributed by atoms with Crippen molar-refractivity contribution >= 4 is 11.7 Å². The molecule has 1 aliphatic rings. The molecule has 0 saturated heterocycles. The SMILES string of the molecule is COc1ccc(COc2cc3c(cc2F)CN(c2ccc(=O)[nH]n2)C3=O)nc1. The average molecular weight is 382 g/mol. The normalized spacial score (nSPS) is 12.8. The van der Waals surface area contributed by atoms with Crippen LogP contribution in [0.2, 0.25) is 0 Å². The number of pyridine rings is 1. The van der Waals surface area contributed by atoms with Crippen LogP contribution in [0.3, 0.4) is 0 Å². The Bertz CT molecular complexity index is 1080. The third kappa shape index (κ3) is 3.29. The molecule has 2 aromatic heterocycles. The number of aromatic amines is 1. The van der Waals surface area contributed by atoms with E-state index in [1.165, 1.54) is 42.5 Å². The molecule has 0 aliphatic carbocycles. The van der Waals surface area contributed by atoms with E-state index in [9.17, 15) is 14.0 Å². The van der Waals surface area contributed by atoms with Gasteiger partial charge in [0.05, 0.1) is 25.5 Å². The molecule has 1 aliphatic heterocycles. The van der Waals surface area contributed by atoms with E-state index in [1.807, 2.05) is 0 Å². The van der Waals surface area contributed by atoms with Crippen LogP contribution in [0.4, 0.5) is 10.2 Å². The Balaban J connectivity index is 1.54. The van der Waals surface area contributed by atoms with E-state index in [0.717, 1.165) is 0 Å². The highest BCUT2D eigenvalue weighted by molar-refractivity contribution is 6.09. The fourth-order valence-electron chi connectivity index (χ4n) is 2.86. The van der Waals surface area contributed by atoms with Crippen LogP contribution in [-0.4, -0.2) is 28.2 Å². The topological polar surface area (TPSA) is 97.4 Å². The number of hydrogen-bond acceptors (Lipinski definition) is 6. The zero-order valence-corrected chi connectivity index (χ0v) is 14.8. The van der Waals surface area contributed by atoms with Crippen molar-refractivity contribution < 1.29 is 18.7 Å². The van der Waals surface area contributed by atoms with Gasteiger partial charge in [0.1, 0.15) is 12.4 Å². The predicted molar refractivity (Wildman–Crippen MR) is 96.9 cm³/mol. The number of carbonyl (C=O) groups excluding carboxylic acids is 1. The van der Waals surface area contributed by atoms with Crippen LogP contribution in [0.5, 0.6) is 11.5 Å². The number of aromatic nitrogens is 3. The second kappa shape index (κ2) is 7.10. The van der Waals surface area contributed by atoms with Crippen molar-refractivity contribution in [2.24, 2.45) is 0 Å². The van der Waals surface area contributed by atoms with Crippen molar-refractivity contribution in [1.29, 1.82) is 0 Å². The molecule has 0 atom stereocenters. The molecule has 0 bridgehead atoms. The summed E-state index contributed by atoms with van der Waals surface area (Å²) in [5, 5.41) is 6.13. The number of carbonyl (C=O) groups is 1. The maximum atomic E-state index is 14.4. The summed E-state index contributed by atoms with van der Waals surface area (Å²) in [5.74, 6) is -0.0700. The summed E-state index contributed by atoms with van der Waals surface area (Å²) in [6, 6.07) is 8.79. The zero-order chi connectivity index (χ0) is 19.7. The fourth-order valence-corrected chi connectivity index (χ4v) is 2.86. The Labute approximate surface area is 158 Å². The van der Waals surface area contributed by atoms with Gasteiger partial charge in [0.2, 0.25) is 0 Å². The van der Waals surface area contributed by atoms with Gasteiger partial charge in [0, 0.05) is 11.6 Å². The van der Waals surface area contributed by atoms with Gasteiger partial charge in [-0.25, -0.2) is 9.49 Å². The lowest BCUT2D eigenvalue weighted by molar-refractivity contribution is 0.0995. The minimum Gasteiger partial charge on any atom is -0.495 e. The third-order valence-corrected chi connectivity index (χ3v) is 4.31. The zero-order valence-electron chi connectivity index (χ0n) is 14.8. The van der Waals surface area contributed by atoms with E-state index in [-0.39, 0.29) is 36.2 Å². The van der Waals surface area contributed by atoms with Gasteiger partial charge in [-0.15, -0.1) is 0 Å². The molecular weight excluding hydrogens is 367 g/mol. The molecule has 9 heteroatoms. The standard InChI is InChI=1S/C19H15FN4O4/c1-27-13-3-2-12(21-8-13)10-28-16-7-14-11(6-15(16)20)9-24(19(14)26)17-4-5-18(25)23-22-17/h2-8H,9-10H2,1H3,(H,23,25). The van der Waals surface area contributed by atoms with Crippen LogP contribution < -0.4 is 19.9 Å². The number of methoxy groups -OCH3 is 1. The molecule has 4 rings (SSSR count). The number of hydrogen-bond donors (Lipinski definition) is 1. The predicted octanol–water partition coefficient (Wildman–Crippen LogP) is 2.05. The van der Waals surface area contributed by atoms with Crippen LogP contribution in [0, 0.1) is 5.82 Å². The number of amides is 1. The Morgan fingerprint density at radius 1 is 1.21 bits per heavy atom. The van der Waals surface area contributed by atoms with Gasteiger partial charge < -0.3 is 9.47 Å². The number of halogens is 1. The van der Waals surface area contributed by atoms with Gasteiger partial charge in [-0.05, 0) is 35.9 Å². The lowest BCUT2D eigenvalue weighted by atomic mass is 10.1. The number of anilines is 1. The summed E-state index contributed by atoms with van der Waals surface area (Å²) < 4.78 is 25.0. The number of nitrogens with zero attached hydrogens (tertiary/aromatic N) is 3. The lowest BCUT2D eigenvalue weighted by Crippen LogP contribution is -2.25. The molecule has 3 heterocycles. The quantitative estimate of drug-likeness (QED) is 0.725. The van der Waals surface area contributed by atoms with Crippen molar-refractivity contribution in [2.75, 3.05) is 12.0 Å². The largest absolute Gasteiger partial charge is 0.495 e. The van der Waals surface area contributed by atoms with Crippen molar-refractivity contribution in [3.8, 4) is 11.5 Å². The van der Waals surface area contributed by atoms with Crippen molar-refractivity contribution in [3.63, 3.8) is 0 Å². The second-order valence-electron chi connectivity index (χ2n) is 6.09. The second-order valence-corrected chi connectivity index (χ2v) is 6.09. The molecule has 28 heavy (non-hydrogen) atoms. The Morgan fingerprint density at radius 3 is 2.75 bits per heavy atom. The van der Waals surface area contributed by atoms with E-state index >= 15 is 0 Å². The molecule has 0 spiro atoms. The molecule has 1 aromatic carbocycles. The van der Waals surface area contributed by atoms with Crippen LogP contribution in [0.25, 0.3) is 0 Å². The first-order valence-corrected chi connectivity index (χ1v) is 8.37. The molecule has 142 valence electrons. The number of H-pyrrole nitrogens is 1. The van der Waals surface area contributed by atoms with Crippen LogP contribution in [-0.2, 0) is 13.2 Å². The minimum atomic E-state index is -0.573. The summed E-state index contributed by atoms with van der Waals surface area (Å²) >= 11 is 0. The van der Waals surface area contributed by atoms with E-state index < -0.39 is 5.82 Å². The summed E-state index contributed by atoms with van der Waals surface area (Å²) in [6.45, 7) is 0.198. The Kier molecular flexibility index (Phi) is 4.48. The van der Waals surface area contributed by atoms with E-state index in [4.69, 9.17) is 9.47 Å². The lowest BCUT2D eigenvalue weighted by Gasteiger charge is -2.12. The van der Waals surface area contributed by atoms with Gasteiger partial charge in [0.25, 0.3) is 11.5 Å². The highest BCUT2D eigenvalue weighted by Gasteiger charge is 2.31. The van der Waals surface area contributed by atoms with Gasteiger partial charge >= 0.3 is 0 Å². The van der Waals surface area contributed by atoms with Gasteiger partial charge in [-0.3, -0.25) is 19.5 Å². The first-order valence-electron chi connectivity index (χ1n) is 8.37. The van der Waals surface area contributed by atoms with Crippen molar-refractivity contribution in [1.82, 2.24) is 15.2 Å². The molecule has 1 N–H and O–H groups in total. The molecular formula is C19H15FN4O4. The molecule has 8 nitrogen and oxygen atoms in total. The van der Waals surface area contributed by atoms with Gasteiger partial charge in [-0.2, -0.15) is 5.10 Å². The highest BCUT2D eigenvalue weighted by Crippen LogP contribution is 2.31. The monoisotopic (exact) mass is 382 g/mol. The molecule has 1 amide bonds. The molecule has 3 aromatic rings. The Hall–Kier alpha value is -3.75. The maximum Gasteiger partial charge on any atom is 0.264 e. The van der Waals surface area contributed by atoms with Crippen molar-refractivity contribution in [2.45, 2.75) is 13.2 Å². The smallest absolute Gasteiger partial charge is 0.264 e. The summed E-state index contributed by atoms with van der Waals surface area (Å²) in [6.07, 6.45) is 1.54. The molecule has 0 radical (unpaired) electrons. The third-order valence-electron chi connectivity index (χ3n) is 4.31. The molecule has 0 unspecified atom stereocenters. The van der Waals surface area contributed by atoms with E-state index in [0.29, 0.717) is 22.6 Å². The van der Waals surface area contributed by atoms with Crippen molar-refractivity contribution in [3.05, 3.63) is 75.6 Å². The van der Waals surface area contributed by atoms with Crippen LogP contribution >= 0.6 is 0 Å². The van der Waals surface area contributed by atoms with Crippen LogP contribution in [0.1, 0.15) is 21.6 Å². The number of nitrogens with one attached hydrogen (secondary N) is 1. The summed E-state index contributed by atoms with van der Waals surface area (Å²) in [7, 11) is 1.54. The molecule has 0 fully saturated rings. The number of ether oxygens (including phenoxy) is 2. The molecule has 0 saturated carbocycles. The number of fused-ring (bicyclic) bond motifs is 1. The maximum absolute atomic E-state index is 14.4. The van der Waals surface area contributed by atoms with Gasteiger partial charge in [-0.1, -0.05) is 0 Å². The number of rotatable bonds is 5. The first-order chi connectivity index (χ1) is 13.5. The first kappa shape index (κ1) is 17.7. The van der Waals surface area contributed by atoms with E-state index in [2.05, 4.69) is 15.2 Å². The summed E-state index contributed by atoms with van der Waals surface area (Å²) in [4.78, 5) is 29.3. The Morgan fingerprint density at radius 2 is 2.07 bits per heavy atom. The fraction of sp³-hybridized carbons (Fsp3) is 0.158. The van der Waals surface area contributed by atoms with Gasteiger partial charge in [0.15, 0.2) is 17.4 Å². The minimum absolute atomic E-state index is 0.0407. The number of benzene rings is 1. The highest BCUT2D eigenvalue weighted by atomic mass is 19.1. The summed E-state index contributed by atoms with van der Waals surface area (Å²) in [5.41, 5.74) is 1.06.